The van der Waals surface area contributed by atoms with E-state index >= 15 is 0 Å². The standard InChI is InChI=1S/C19H34O4/c1-2-3-4-5-6-7-8-9-10-11-12-13-14-15-17(19(22)23)16-18(20)21/h2,17H,1,3-16H2,(H,20,21)(H,22,23). The monoisotopic (exact) mass is 326 g/mol. The fourth-order valence-electron chi connectivity index (χ4n) is 2.79. The first-order valence-corrected chi connectivity index (χ1v) is 9.13. The van der Waals surface area contributed by atoms with Crippen LogP contribution in [-0.4, -0.2) is 22.2 Å². The molecule has 23 heavy (non-hydrogen) atoms. The minimum Gasteiger partial charge on any atom is -0.481 e. The minimum absolute atomic E-state index is 0.262. The van der Waals surface area contributed by atoms with Crippen LogP contribution in [0.25, 0.3) is 0 Å². The SMILES string of the molecule is C=CCCCCCCCCCCCCCC(CC(=O)O)C(=O)O. The molecule has 2 N–H and O–H groups in total. The zero-order valence-electron chi connectivity index (χ0n) is 14.5. The highest BCUT2D eigenvalue weighted by atomic mass is 16.4. The van der Waals surface area contributed by atoms with Crippen molar-refractivity contribution in [3.8, 4) is 0 Å². The second kappa shape index (κ2) is 15.6. The van der Waals surface area contributed by atoms with Crippen molar-refractivity contribution in [1.29, 1.82) is 0 Å². The van der Waals surface area contributed by atoms with Gasteiger partial charge in [-0.2, -0.15) is 0 Å². The van der Waals surface area contributed by atoms with Crippen molar-refractivity contribution >= 4 is 11.9 Å². The number of rotatable bonds is 17. The predicted octanol–water partition coefficient (Wildman–Crippen LogP) is 5.42. The Kier molecular flexibility index (Phi) is 14.7. The Morgan fingerprint density at radius 2 is 1.22 bits per heavy atom. The van der Waals surface area contributed by atoms with E-state index in [-0.39, 0.29) is 6.42 Å². The fourth-order valence-corrected chi connectivity index (χ4v) is 2.79. The second-order valence-corrected chi connectivity index (χ2v) is 6.39. The third kappa shape index (κ3) is 15.4. The van der Waals surface area contributed by atoms with Crippen LogP contribution in [0.4, 0.5) is 0 Å². The highest BCUT2D eigenvalue weighted by Crippen LogP contribution is 2.16. The molecular weight excluding hydrogens is 292 g/mol. The van der Waals surface area contributed by atoms with Crippen LogP contribution in [0.2, 0.25) is 0 Å². The summed E-state index contributed by atoms with van der Waals surface area (Å²) in [5.41, 5.74) is 0. The highest BCUT2D eigenvalue weighted by molar-refractivity contribution is 5.77. The molecule has 4 heteroatoms. The maximum atomic E-state index is 10.9. The van der Waals surface area contributed by atoms with Crippen molar-refractivity contribution < 1.29 is 19.8 Å². The molecule has 0 aromatic heterocycles. The van der Waals surface area contributed by atoms with Crippen LogP contribution in [0, 0.1) is 5.92 Å². The molecule has 0 fully saturated rings. The summed E-state index contributed by atoms with van der Waals surface area (Å²) < 4.78 is 0. The average Bonchev–Trinajstić information content (AvgIpc) is 2.50. The van der Waals surface area contributed by atoms with Crippen LogP contribution < -0.4 is 0 Å². The number of hydrogen-bond acceptors (Lipinski definition) is 2. The molecule has 1 atom stereocenters. The predicted molar refractivity (Wildman–Crippen MR) is 93.6 cm³/mol. The molecule has 0 rings (SSSR count). The molecule has 0 heterocycles. The summed E-state index contributed by atoms with van der Waals surface area (Å²) in [4.78, 5) is 21.5. The molecule has 0 aliphatic heterocycles. The summed E-state index contributed by atoms with van der Waals surface area (Å²) in [6, 6.07) is 0. The Balaban J connectivity index is 3.33. The molecule has 0 bridgehead atoms. The van der Waals surface area contributed by atoms with Gasteiger partial charge in [-0.3, -0.25) is 9.59 Å². The van der Waals surface area contributed by atoms with Crippen molar-refractivity contribution in [3.63, 3.8) is 0 Å². The maximum absolute atomic E-state index is 10.9. The van der Waals surface area contributed by atoms with Gasteiger partial charge in [-0.15, -0.1) is 6.58 Å². The largest absolute Gasteiger partial charge is 0.481 e. The molecule has 0 saturated carbocycles. The first kappa shape index (κ1) is 21.7. The molecule has 0 radical (unpaired) electrons. The van der Waals surface area contributed by atoms with Gasteiger partial charge < -0.3 is 10.2 Å². The number of carboxylic acids is 2. The third-order valence-electron chi connectivity index (χ3n) is 4.23. The minimum atomic E-state index is -1.03. The van der Waals surface area contributed by atoms with E-state index in [1.54, 1.807) is 0 Å². The van der Waals surface area contributed by atoms with E-state index in [9.17, 15) is 9.59 Å². The van der Waals surface area contributed by atoms with Gasteiger partial charge in [0.05, 0.1) is 12.3 Å². The van der Waals surface area contributed by atoms with E-state index in [0.29, 0.717) is 6.42 Å². The Hall–Kier alpha value is -1.32. The molecule has 0 amide bonds. The summed E-state index contributed by atoms with van der Waals surface area (Å²) in [5.74, 6) is -2.74. The Labute approximate surface area is 141 Å². The van der Waals surface area contributed by atoms with Crippen LogP contribution in [0.3, 0.4) is 0 Å². The van der Waals surface area contributed by atoms with Crippen LogP contribution >= 0.6 is 0 Å². The van der Waals surface area contributed by atoms with Gasteiger partial charge in [-0.25, -0.2) is 0 Å². The van der Waals surface area contributed by atoms with Gasteiger partial charge in [0.1, 0.15) is 0 Å². The summed E-state index contributed by atoms with van der Waals surface area (Å²) in [7, 11) is 0. The van der Waals surface area contributed by atoms with E-state index in [1.165, 1.54) is 51.4 Å². The van der Waals surface area contributed by atoms with Crippen LogP contribution in [0.5, 0.6) is 0 Å². The van der Waals surface area contributed by atoms with Crippen LogP contribution in [0.1, 0.15) is 89.9 Å². The van der Waals surface area contributed by atoms with Crippen molar-refractivity contribution in [1.82, 2.24) is 0 Å². The lowest BCUT2D eigenvalue weighted by atomic mass is 9.97. The normalized spacial score (nSPS) is 12.0. The molecule has 134 valence electrons. The number of aliphatic carboxylic acids is 2. The first-order chi connectivity index (χ1) is 11.1. The smallest absolute Gasteiger partial charge is 0.307 e. The van der Waals surface area contributed by atoms with Crippen LogP contribution in [-0.2, 0) is 9.59 Å². The van der Waals surface area contributed by atoms with Gasteiger partial charge in [0.25, 0.3) is 0 Å². The number of hydrogen-bond donors (Lipinski definition) is 2. The molecular formula is C19H34O4. The molecule has 0 saturated heterocycles. The average molecular weight is 326 g/mol. The second-order valence-electron chi connectivity index (χ2n) is 6.39. The van der Waals surface area contributed by atoms with E-state index in [1.807, 2.05) is 6.08 Å². The zero-order chi connectivity index (χ0) is 17.3. The maximum Gasteiger partial charge on any atom is 0.307 e. The summed E-state index contributed by atoms with van der Waals surface area (Å²) >= 11 is 0. The molecule has 4 nitrogen and oxygen atoms in total. The van der Waals surface area contributed by atoms with Gasteiger partial charge >= 0.3 is 11.9 Å². The molecule has 1 unspecified atom stereocenters. The number of allylic oxidation sites excluding steroid dienone is 1. The van der Waals surface area contributed by atoms with E-state index in [2.05, 4.69) is 6.58 Å². The van der Waals surface area contributed by atoms with Crippen molar-refractivity contribution in [3.05, 3.63) is 12.7 Å². The van der Waals surface area contributed by atoms with Crippen molar-refractivity contribution in [2.75, 3.05) is 0 Å². The van der Waals surface area contributed by atoms with Gasteiger partial charge in [-0.05, 0) is 19.3 Å². The number of carbonyl (C=O) groups is 2. The van der Waals surface area contributed by atoms with E-state index < -0.39 is 17.9 Å². The van der Waals surface area contributed by atoms with Gasteiger partial charge in [-0.1, -0.05) is 70.3 Å². The summed E-state index contributed by atoms with van der Waals surface area (Å²) in [6.07, 6.45) is 16.6. The lowest BCUT2D eigenvalue weighted by Gasteiger charge is -2.09. The lowest BCUT2D eigenvalue weighted by Crippen LogP contribution is -2.17. The van der Waals surface area contributed by atoms with Gasteiger partial charge in [0.2, 0.25) is 0 Å². The molecule has 0 spiro atoms. The van der Waals surface area contributed by atoms with Crippen LogP contribution in [0.15, 0.2) is 12.7 Å². The lowest BCUT2D eigenvalue weighted by molar-refractivity contribution is -0.148. The van der Waals surface area contributed by atoms with E-state index in [4.69, 9.17) is 10.2 Å². The first-order valence-electron chi connectivity index (χ1n) is 9.13. The van der Waals surface area contributed by atoms with Crippen molar-refractivity contribution in [2.45, 2.75) is 89.9 Å². The highest BCUT2D eigenvalue weighted by Gasteiger charge is 2.20. The third-order valence-corrected chi connectivity index (χ3v) is 4.23. The quantitative estimate of drug-likeness (QED) is 0.276. The fraction of sp³-hybridized carbons (Fsp3) is 0.789. The van der Waals surface area contributed by atoms with Gasteiger partial charge in [0.15, 0.2) is 0 Å². The van der Waals surface area contributed by atoms with E-state index in [0.717, 1.165) is 25.7 Å². The zero-order valence-corrected chi connectivity index (χ0v) is 14.5. The summed E-state index contributed by atoms with van der Waals surface area (Å²) in [5, 5.41) is 17.6. The summed E-state index contributed by atoms with van der Waals surface area (Å²) in [6.45, 7) is 3.73. The van der Waals surface area contributed by atoms with Crippen molar-refractivity contribution in [2.24, 2.45) is 5.92 Å². The topological polar surface area (TPSA) is 74.6 Å². The molecule has 0 aromatic rings. The number of unbranched alkanes of at least 4 members (excludes halogenated alkanes) is 11. The molecule has 0 aliphatic rings. The molecule has 0 aromatic carbocycles. The number of carboxylic acid groups (broad SMARTS) is 2. The molecule has 0 aliphatic carbocycles. The Morgan fingerprint density at radius 1 is 0.783 bits per heavy atom. The van der Waals surface area contributed by atoms with Gasteiger partial charge in [0, 0.05) is 0 Å². The Bertz CT molecular complexity index is 325. The Morgan fingerprint density at radius 3 is 1.61 bits per heavy atom.